The Morgan fingerprint density at radius 3 is 2.59 bits per heavy atom. The van der Waals surface area contributed by atoms with E-state index in [0.717, 1.165) is 0 Å². The molecule has 0 spiro atoms. The van der Waals surface area contributed by atoms with Crippen molar-refractivity contribution in [2.75, 3.05) is 0 Å². The molecule has 5 nitrogen and oxygen atoms in total. The molecule has 1 aromatic rings. The standard InChI is InChI=1S/C14H17F3N2O3/c1-8(2)6-10-7-13(21,14(15,16)17)19(18-10)12(20)11-5-4-9(3)22-11/h4-5,8,21H,6-7H2,1-3H3/t13-/m0/s1. The third-order valence-electron chi connectivity index (χ3n) is 3.28. The van der Waals surface area contributed by atoms with Crippen LogP contribution in [0.15, 0.2) is 21.7 Å². The van der Waals surface area contributed by atoms with Gasteiger partial charge in [0, 0.05) is 12.1 Å². The number of hydrogen-bond donors (Lipinski definition) is 1. The molecule has 1 amide bonds. The summed E-state index contributed by atoms with van der Waals surface area (Å²) in [4.78, 5) is 12.2. The summed E-state index contributed by atoms with van der Waals surface area (Å²) >= 11 is 0. The minimum atomic E-state index is -5.02. The first kappa shape index (κ1) is 16.5. The molecule has 1 aliphatic heterocycles. The Bertz CT molecular complexity index is 607. The van der Waals surface area contributed by atoms with Crippen LogP contribution in [0.4, 0.5) is 13.2 Å². The fourth-order valence-corrected chi connectivity index (χ4v) is 2.29. The maximum atomic E-state index is 13.2. The molecule has 0 unspecified atom stereocenters. The first-order valence-corrected chi connectivity index (χ1v) is 6.81. The van der Waals surface area contributed by atoms with E-state index in [0.29, 0.717) is 5.76 Å². The van der Waals surface area contributed by atoms with Gasteiger partial charge in [-0.2, -0.15) is 23.3 Å². The molecule has 0 aliphatic carbocycles. The first-order chi connectivity index (χ1) is 10.0. The molecule has 0 radical (unpaired) electrons. The summed E-state index contributed by atoms with van der Waals surface area (Å²) in [6, 6.07) is 2.71. The molecule has 8 heteroatoms. The Labute approximate surface area is 125 Å². The smallest absolute Gasteiger partial charge is 0.438 e. The van der Waals surface area contributed by atoms with Gasteiger partial charge in [-0.25, -0.2) is 0 Å². The van der Waals surface area contributed by atoms with Crippen molar-refractivity contribution in [3.63, 3.8) is 0 Å². The molecule has 0 bridgehead atoms. The van der Waals surface area contributed by atoms with Crippen LogP contribution in [0.1, 0.15) is 43.0 Å². The SMILES string of the molecule is Cc1ccc(C(=O)N2N=C(CC(C)C)C[C@]2(O)C(F)(F)F)o1. The van der Waals surface area contributed by atoms with E-state index < -0.39 is 24.2 Å². The second kappa shape index (κ2) is 5.42. The zero-order chi connectivity index (χ0) is 16.7. The van der Waals surface area contributed by atoms with Gasteiger partial charge in [-0.3, -0.25) is 4.79 Å². The lowest BCUT2D eigenvalue weighted by atomic mass is 9.99. The Balaban J connectivity index is 2.38. The van der Waals surface area contributed by atoms with Crippen LogP contribution in [-0.4, -0.2) is 33.6 Å². The molecule has 1 aliphatic rings. The van der Waals surface area contributed by atoms with E-state index >= 15 is 0 Å². The van der Waals surface area contributed by atoms with Crippen LogP contribution in [0.2, 0.25) is 0 Å². The Hall–Kier alpha value is -1.83. The van der Waals surface area contributed by atoms with E-state index in [1.54, 1.807) is 6.92 Å². The molecular weight excluding hydrogens is 301 g/mol. The lowest BCUT2D eigenvalue weighted by molar-refractivity contribution is -0.297. The zero-order valence-corrected chi connectivity index (χ0v) is 12.4. The first-order valence-electron chi connectivity index (χ1n) is 6.81. The maximum absolute atomic E-state index is 13.2. The van der Waals surface area contributed by atoms with E-state index in [2.05, 4.69) is 5.10 Å². The highest BCUT2D eigenvalue weighted by molar-refractivity contribution is 5.96. The predicted molar refractivity (Wildman–Crippen MR) is 72.1 cm³/mol. The molecular formula is C14H17F3N2O3. The van der Waals surface area contributed by atoms with E-state index in [1.807, 2.05) is 13.8 Å². The summed E-state index contributed by atoms with van der Waals surface area (Å²) in [6.07, 6.45) is -5.51. The van der Waals surface area contributed by atoms with E-state index in [4.69, 9.17) is 4.42 Å². The number of rotatable bonds is 3. The van der Waals surface area contributed by atoms with Crippen molar-refractivity contribution >= 4 is 11.6 Å². The quantitative estimate of drug-likeness (QED) is 0.931. The van der Waals surface area contributed by atoms with Gasteiger partial charge in [0.25, 0.3) is 5.72 Å². The van der Waals surface area contributed by atoms with Crippen molar-refractivity contribution in [1.29, 1.82) is 0 Å². The Morgan fingerprint density at radius 2 is 2.14 bits per heavy atom. The molecule has 1 N–H and O–H groups in total. The monoisotopic (exact) mass is 318 g/mol. The van der Waals surface area contributed by atoms with Crippen molar-refractivity contribution in [3.05, 3.63) is 23.7 Å². The highest BCUT2D eigenvalue weighted by Gasteiger charge is 2.63. The van der Waals surface area contributed by atoms with Crippen LogP contribution in [-0.2, 0) is 0 Å². The Morgan fingerprint density at radius 1 is 1.50 bits per heavy atom. The van der Waals surface area contributed by atoms with Crippen molar-refractivity contribution in [1.82, 2.24) is 5.01 Å². The summed E-state index contributed by atoms with van der Waals surface area (Å²) in [7, 11) is 0. The third kappa shape index (κ3) is 2.87. The number of halogens is 3. The topological polar surface area (TPSA) is 66.0 Å². The zero-order valence-electron chi connectivity index (χ0n) is 12.4. The largest absolute Gasteiger partial charge is 0.456 e. The van der Waals surface area contributed by atoms with Crippen LogP contribution in [0.3, 0.4) is 0 Å². The average Bonchev–Trinajstić information content (AvgIpc) is 2.92. The van der Waals surface area contributed by atoms with Crippen molar-refractivity contribution in [2.45, 2.75) is 45.5 Å². The molecule has 22 heavy (non-hydrogen) atoms. The van der Waals surface area contributed by atoms with Gasteiger partial charge >= 0.3 is 12.1 Å². The molecule has 0 fully saturated rings. The predicted octanol–water partition coefficient (Wildman–Crippen LogP) is 3.09. The van der Waals surface area contributed by atoms with Crippen LogP contribution in [0.25, 0.3) is 0 Å². The highest BCUT2D eigenvalue weighted by atomic mass is 19.4. The minimum Gasteiger partial charge on any atom is -0.456 e. The van der Waals surface area contributed by atoms with Crippen molar-refractivity contribution < 1.29 is 27.5 Å². The second-order valence-electron chi connectivity index (χ2n) is 5.78. The Kier molecular flexibility index (Phi) is 4.08. The molecule has 122 valence electrons. The fourth-order valence-electron chi connectivity index (χ4n) is 2.29. The minimum absolute atomic E-state index is 0.0529. The van der Waals surface area contributed by atoms with E-state index in [1.165, 1.54) is 12.1 Å². The van der Waals surface area contributed by atoms with Crippen LogP contribution in [0, 0.1) is 12.8 Å². The molecule has 1 atom stereocenters. The summed E-state index contributed by atoms with van der Waals surface area (Å²) < 4.78 is 44.8. The normalized spacial score (nSPS) is 22.4. The van der Waals surface area contributed by atoms with E-state index in [-0.39, 0.29) is 28.8 Å². The van der Waals surface area contributed by atoms with Crippen molar-refractivity contribution in [2.24, 2.45) is 11.0 Å². The molecule has 0 saturated heterocycles. The summed E-state index contributed by atoms with van der Waals surface area (Å²) in [5, 5.41) is 13.8. The van der Waals surface area contributed by atoms with Gasteiger partial charge in [0.05, 0.1) is 0 Å². The number of aliphatic hydroxyl groups is 1. The summed E-state index contributed by atoms with van der Waals surface area (Å²) in [5.41, 5.74) is -3.21. The van der Waals surface area contributed by atoms with Crippen molar-refractivity contribution in [3.8, 4) is 0 Å². The number of furan rings is 1. The number of hydrazone groups is 1. The summed E-state index contributed by atoms with van der Waals surface area (Å²) in [6.45, 7) is 5.19. The second-order valence-corrected chi connectivity index (χ2v) is 5.78. The van der Waals surface area contributed by atoms with Gasteiger partial charge in [0.2, 0.25) is 0 Å². The van der Waals surface area contributed by atoms with Gasteiger partial charge in [-0.15, -0.1) is 0 Å². The number of nitrogens with zero attached hydrogens (tertiary/aromatic N) is 2. The number of carbonyl (C=O) groups excluding carboxylic acids is 1. The van der Waals surface area contributed by atoms with E-state index in [9.17, 15) is 23.1 Å². The van der Waals surface area contributed by atoms with Gasteiger partial charge in [0.15, 0.2) is 5.76 Å². The van der Waals surface area contributed by atoms with Crippen LogP contribution >= 0.6 is 0 Å². The van der Waals surface area contributed by atoms with Gasteiger partial charge in [-0.1, -0.05) is 13.8 Å². The number of amides is 1. The maximum Gasteiger partial charge on any atom is 0.438 e. The molecule has 2 heterocycles. The molecule has 2 rings (SSSR count). The fraction of sp³-hybridized carbons (Fsp3) is 0.571. The lowest BCUT2D eigenvalue weighted by Gasteiger charge is -2.32. The average molecular weight is 318 g/mol. The molecule has 0 saturated carbocycles. The third-order valence-corrected chi connectivity index (χ3v) is 3.28. The summed E-state index contributed by atoms with van der Waals surface area (Å²) in [5.74, 6) is -0.983. The van der Waals surface area contributed by atoms with Gasteiger partial charge < -0.3 is 9.52 Å². The molecule has 0 aromatic carbocycles. The van der Waals surface area contributed by atoms with Crippen LogP contribution < -0.4 is 0 Å². The lowest BCUT2D eigenvalue weighted by Crippen LogP contribution is -2.56. The number of aryl methyl sites for hydroxylation is 1. The molecule has 1 aromatic heterocycles. The van der Waals surface area contributed by atoms with Crippen LogP contribution in [0.5, 0.6) is 0 Å². The highest BCUT2D eigenvalue weighted by Crippen LogP contribution is 2.41. The number of carbonyl (C=O) groups is 1. The number of alkyl halides is 3. The number of hydrogen-bond acceptors (Lipinski definition) is 4. The van der Waals surface area contributed by atoms with Gasteiger partial charge in [0.1, 0.15) is 5.76 Å². The van der Waals surface area contributed by atoms with Gasteiger partial charge in [-0.05, 0) is 31.4 Å².